The van der Waals surface area contributed by atoms with Crippen LogP contribution in [0.5, 0.6) is 0 Å². The van der Waals surface area contributed by atoms with E-state index in [0.29, 0.717) is 38.7 Å². The average Bonchev–Trinajstić information content (AvgIpc) is 3.35. The van der Waals surface area contributed by atoms with Crippen LogP contribution in [0.1, 0.15) is 23.8 Å². The molecule has 0 aliphatic carbocycles. The van der Waals surface area contributed by atoms with Crippen LogP contribution in [0.3, 0.4) is 0 Å². The number of hydrogen-bond donors (Lipinski definition) is 0. The Morgan fingerprint density at radius 1 is 1.31 bits per heavy atom. The van der Waals surface area contributed by atoms with E-state index in [1.165, 1.54) is 16.7 Å². The molecule has 2 aromatic rings. The first kappa shape index (κ1) is 17.4. The number of halogens is 1. The van der Waals surface area contributed by atoms with Crippen LogP contribution in [0.4, 0.5) is 0 Å². The maximum absolute atomic E-state index is 12.6. The molecule has 0 radical (unpaired) electrons. The number of carbonyl (C=O) groups is 1. The van der Waals surface area contributed by atoms with Gasteiger partial charge in [0, 0.05) is 17.0 Å². The van der Waals surface area contributed by atoms with Crippen molar-refractivity contribution < 1.29 is 13.9 Å². The molecule has 26 heavy (non-hydrogen) atoms. The summed E-state index contributed by atoms with van der Waals surface area (Å²) in [6.07, 6.45) is 5.87. The largest absolute Gasteiger partial charge is 0.486 e. The standard InChI is InChI=1S/C19H14ClNO3S2/c20-15-6-2-1-5-14(15)16-8-7-12(24-16)10-17-18(22)21(19(25)26-17)11-13-4-3-9-23-13/h1-7,9-10,16H,8,11H2/b17-10-. The number of thioether (sulfide) groups is 1. The van der Waals surface area contributed by atoms with E-state index in [1.807, 2.05) is 36.4 Å². The molecule has 4 nitrogen and oxygen atoms in total. The Hall–Kier alpha value is -2.02. The fourth-order valence-corrected chi connectivity index (χ4v) is 4.32. The molecule has 2 aliphatic rings. The molecule has 0 bridgehead atoms. The van der Waals surface area contributed by atoms with E-state index in [9.17, 15) is 4.79 Å². The summed E-state index contributed by atoms with van der Waals surface area (Å²) in [5.74, 6) is 1.22. The van der Waals surface area contributed by atoms with Gasteiger partial charge in [0.05, 0.1) is 17.7 Å². The second kappa shape index (κ2) is 7.31. The van der Waals surface area contributed by atoms with Gasteiger partial charge in [-0.05, 0) is 30.4 Å². The summed E-state index contributed by atoms with van der Waals surface area (Å²) in [5, 5.41) is 0.678. The molecule has 7 heteroatoms. The van der Waals surface area contributed by atoms with Gasteiger partial charge in [-0.1, -0.05) is 53.8 Å². The van der Waals surface area contributed by atoms with E-state index in [2.05, 4.69) is 0 Å². The molecule has 1 aromatic carbocycles. The van der Waals surface area contributed by atoms with Crippen molar-refractivity contribution in [1.82, 2.24) is 4.90 Å². The Morgan fingerprint density at radius 2 is 2.15 bits per heavy atom. The molecule has 0 saturated carbocycles. The zero-order valence-electron chi connectivity index (χ0n) is 13.6. The molecule has 0 N–H and O–H groups in total. The molecule has 1 unspecified atom stereocenters. The van der Waals surface area contributed by atoms with E-state index >= 15 is 0 Å². The second-order valence-electron chi connectivity index (χ2n) is 5.82. The van der Waals surface area contributed by atoms with Crippen LogP contribution >= 0.6 is 35.6 Å². The normalized spacial score (nSPS) is 21.4. The van der Waals surface area contributed by atoms with E-state index in [4.69, 9.17) is 33.0 Å². The monoisotopic (exact) mass is 403 g/mol. The van der Waals surface area contributed by atoms with Gasteiger partial charge in [0.25, 0.3) is 5.91 Å². The van der Waals surface area contributed by atoms with Gasteiger partial charge < -0.3 is 9.15 Å². The molecular weight excluding hydrogens is 390 g/mol. The fraction of sp³-hybridized carbons (Fsp3) is 0.158. The molecule has 3 heterocycles. The number of benzene rings is 1. The summed E-state index contributed by atoms with van der Waals surface area (Å²) in [5.41, 5.74) is 0.944. The summed E-state index contributed by atoms with van der Waals surface area (Å²) in [4.78, 5) is 14.7. The summed E-state index contributed by atoms with van der Waals surface area (Å²) < 4.78 is 11.8. The van der Waals surface area contributed by atoms with Crippen molar-refractivity contribution in [2.45, 2.75) is 19.1 Å². The molecule has 1 aromatic heterocycles. The molecule has 0 spiro atoms. The number of allylic oxidation sites excluding steroid dienone is 1. The lowest BCUT2D eigenvalue weighted by Crippen LogP contribution is -2.27. The third-order valence-electron chi connectivity index (χ3n) is 4.10. The number of ether oxygens (including phenoxy) is 1. The van der Waals surface area contributed by atoms with Gasteiger partial charge in [-0.25, -0.2) is 0 Å². The maximum atomic E-state index is 12.6. The number of hydrogen-bond acceptors (Lipinski definition) is 5. The third kappa shape index (κ3) is 3.45. The van der Waals surface area contributed by atoms with Gasteiger partial charge in [0.1, 0.15) is 21.9 Å². The highest BCUT2D eigenvalue weighted by atomic mass is 35.5. The van der Waals surface area contributed by atoms with E-state index in [-0.39, 0.29) is 12.0 Å². The molecule has 132 valence electrons. The van der Waals surface area contributed by atoms with Crippen LogP contribution in [0.15, 0.2) is 69.9 Å². The SMILES string of the molecule is O=C1/C(=C/C2=CCC(c3ccccc3Cl)O2)SC(=S)N1Cc1ccco1. The van der Waals surface area contributed by atoms with Gasteiger partial charge in [0.2, 0.25) is 0 Å². The van der Waals surface area contributed by atoms with Crippen molar-refractivity contribution in [1.29, 1.82) is 0 Å². The second-order valence-corrected chi connectivity index (χ2v) is 7.90. The Morgan fingerprint density at radius 3 is 2.92 bits per heavy atom. The maximum Gasteiger partial charge on any atom is 0.266 e. The lowest BCUT2D eigenvalue weighted by molar-refractivity contribution is -0.122. The molecular formula is C19H14ClNO3S2. The quantitative estimate of drug-likeness (QED) is 0.517. The first-order chi connectivity index (χ1) is 12.6. The molecule has 1 amide bonds. The van der Waals surface area contributed by atoms with E-state index in [1.54, 1.807) is 18.4 Å². The number of nitrogens with zero attached hydrogens (tertiary/aromatic N) is 1. The molecule has 1 atom stereocenters. The van der Waals surface area contributed by atoms with Gasteiger partial charge in [-0.2, -0.15) is 0 Å². The Kier molecular flexibility index (Phi) is 4.89. The first-order valence-corrected chi connectivity index (χ1v) is 9.61. The minimum atomic E-state index is -0.137. The zero-order chi connectivity index (χ0) is 18.1. The number of thiocarbonyl (C=S) groups is 1. The van der Waals surface area contributed by atoms with E-state index in [0.717, 1.165) is 5.56 Å². The highest BCUT2D eigenvalue weighted by Gasteiger charge is 2.33. The van der Waals surface area contributed by atoms with Gasteiger partial charge in [0.15, 0.2) is 0 Å². The number of furan rings is 1. The number of amides is 1. The van der Waals surface area contributed by atoms with Crippen molar-refractivity contribution in [3.63, 3.8) is 0 Å². The Labute approximate surface area is 165 Å². The Bertz CT molecular complexity index is 921. The van der Waals surface area contributed by atoms with Crippen LogP contribution in [-0.4, -0.2) is 15.1 Å². The van der Waals surface area contributed by atoms with Crippen molar-refractivity contribution in [2.75, 3.05) is 0 Å². The van der Waals surface area contributed by atoms with E-state index < -0.39 is 0 Å². The van der Waals surface area contributed by atoms with Crippen LogP contribution < -0.4 is 0 Å². The molecule has 4 rings (SSSR count). The zero-order valence-corrected chi connectivity index (χ0v) is 15.9. The predicted octanol–water partition coefficient (Wildman–Crippen LogP) is 5.22. The van der Waals surface area contributed by atoms with Crippen LogP contribution in [0.2, 0.25) is 5.02 Å². The van der Waals surface area contributed by atoms with Crippen LogP contribution in [0, 0.1) is 0 Å². The topological polar surface area (TPSA) is 42.7 Å². The molecule has 1 fully saturated rings. The Balaban J connectivity index is 1.46. The lowest BCUT2D eigenvalue weighted by Gasteiger charge is -2.14. The van der Waals surface area contributed by atoms with Crippen molar-refractivity contribution >= 4 is 45.8 Å². The van der Waals surface area contributed by atoms with Gasteiger partial charge >= 0.3 is 0 Å². The highest BCUT2D eigenvalue weighted by Crippen LogP contribution is 2.38. The van der Waals surface area contributed by atoms with Crippen LogP contribution in [0.25, 0.3) is 0 Å². The molecule has 1 saturated heterocycles. The molecule has 2 aliphatic heterocycles. The summed E-state index contributed by atoms with van der Waals surface area (Å²) in [6.45, 7) is 0.331. The first-order valence-electron chi connectivity index (χ1n) is 8.01. The summed E-state index contributed by atoms with van der Waals surface area (Å²) in [6, 6.07) is 11.2. The van der Waals surface area contributed by atoms with Gasteiger partial charge in [-0.15, -0.1) is 0 Å². The fourth-order valence-electron chi connectivity index (χ4n) is 2.83. The van der Waals surface area contributed by atoms with Crippen molar-refractivity contribution in [2.24, 2.45) is 0 Å². The van der Waals surface area contributed by atoms with Crippen LogP contribution in [-0.2, 0) is 16.1 Å². The number of rotatable bonds is 4. The predicted molar refractivity (Wildman–Crippen MR) is 106 cm³/mol. The van der Waals surface area contributed by atoms with Crippen molar-refractivity contribution in [3.8, 4) is 0 Å². The average molecular weight is 404 g/mol. The highest BCUT2D eigenvalue weighted by molar-refractivity contribution is 8.26. The minimum Gasteiger partial charge on any atom is -0.486 e. The summed E-state index contributed by atoms with van der Waals surface area (Å²) >= 11 is 12.8. The lowest BCUT2D eigenvalue weighted by atomic mass is 10.1. The third-order valence-corrected chi connectivity index (χ3v) is 5.83. The minimum absolute atomic E-state index is 0.136. The van der Waals surface area contributed by atoms with Gasteiger partial charge in [-0.3, -0.25) is 9.69 Å². The smallest absolute Gasteiger partial charge is 0.266 e. The van der Waals surface area contributed by atoms with Crippen molar-refractivity contribution in [3.05, 3.63) is 81.8 Å². The summed E-state index contributed by atoms with van der Waals surface area (Å²) in [7, 11) is 0. The number of carbonyl (C=O) groups excluding carboxylic acids is 1.